The molecule has 4 unspecified atom stereocenters. The first-order valence-corrected chi connectivity index (χ1v) is 44.7. The van der Waals surface area contributed by atoms with Gasteiger partial charge in [-0.1, -0.05) is 364 Å². The van der Waals surface area contributed by atoms with Crippen LogP contribution in [0.1, 0.15) is 415 Å². The molecule has 0 spiro atoms. The largest absolute Gasteiger partial charge is 0.472 e. The van der Waals surface area contributed by atoms with Crippen molar-refractivity contribution in [3.05, 3.63) is 0 Å². The molecule has 0 amide bonds. The van der Waals surface area contributed by atoms with E-state index >= 15 is 0 Å². The lowest BCUT2D eigenvalue weighted by molar-refractivity contribution is -0.161. The molecular formula is C81H158O17P2. The van der Waals surface area contributed by atoms with Crippen molar-refractivity contribution in [2.45, 2.75) is 433 Å². The van der Waals surface area contributed by atoms with Crippen LogP contribution in [0.5, 0.6) is 0 Å². The Hall–Kier alpha value is -1.94. The standard InChI is InChI=1S/C81H158O17P2/c1-9-74(8)60-52-44-36-28-24-25-31-39-48-56-64-81(86)98-77(68-92-79(84)62-54-46-40-32-35-43-51-59-73(6)7)70-96-100(89,90)94-66-75(82)65-93-99(87,88)95-69-76(67-91-78(83)61-53-45-37-29-22-19-18-21-27-34-42-50-58-72(4)5)97-80(85)63-55-47-38-30-23-17-15-13-11-10-12-14-16-20-26-33-41-49-57-71(2)3/h71-77,82H,9-70H2,1-8H3,(H,87,88)(H,89,90)/t74?,75?,76-,77-/m1/s1. The summed E-state index contributed by atoms with van der Waals surface area (Å²) in [5.74, 6) is 0.995. The van der Waals surface area contributed by atoms with E-state index in [1.807, 2.05) is 0 Å². The molecule has 17 nitrogen and oxygen atoms in total. The number of phosphoric acid groups is 2. The fourth-order valence-corrected chi connectivity index (χ4v) is 14.0. The third-order valence-corrected chi connectivity index (χ3v) is 21.1. The summed E-state index contributed by atoms with van der Waals surface area (Å²) in [5.41, 5.74) is 0. The van der Waals surface area contributed by atoms with Crippen LogP contribution < -0.4 is 0 Å². The van der Waals surface area contributed by atoms with E-state index in [1.165, 1.54) is 212 Å². The first kappa shape index (κ1) is 98.1. The van der Waals surface area contributed by atoms with Gasteiger partial charge in [-0.3, -0.25) is 37.3 Å². The van der Waals surface area contributed by atoms with E-state index < -0.39 is 97.5 Å². The summed E-state index contributed by atoms with van der Waals surface area (Å²) in [6.07, 6.45) is 56.9. The number of hydrogen-bond acceptors (Lipinski definition) is 15. The number of rotatable bonds is 78. The van der Waals surface area contributed by atoms with Gasteiger partial charge in [-0.25, -0.2) is 9.13 Å². The Morgan fingerprint density at radius 2 is 0.480 bits per heavy atom. The molecule has 0 aliphatic rings. The zero-order valence-corrected chi connectivity index (χ0v) is 67.6. The molecule has 0 aromatic heterocycles. The maximum atomic E-state index is 13.1. The lowest BCUT2D eigenvalue weighted by Gasteiger charge is -2.21. The summed E-state index contributed by atoms with van der Waals surface area (Å²) in [6, 6.07) is 0. The number of carbonyl (C=O) groups excluding carboxylic acids is 4. The van der Waals surface area contributed by atoms with Crippen molar-refractivity contribution in [1.29, 1.82) is 0 Å². The fourth-order valence-electron chi connectivity index (χ4n) is 12.4. The van der Waals surface area contributed by atoms with Crippen molar-refractivity contribution >= 4 is 39.5 Å². The van der Waals surface area contributed by atoms with Gasteiger partial charge in [0.05, 0.1) is 26.4 Å². The minimum atomic E-state index is -4.96. The van der Waals surface area contributed by atoms with Crippen molar-refractivity contribution < 1.29 is 80.2 Å². The average molecular weight is 1470 g/mol. The number of hydrogen-bond donors (Lipinski definition) is 3. The predicted octanol–water partition coefficient (Wildman–Crippen LogP) is 24.0. The van der Waals surface area contributed by atoms with E-state index in [9.17, 15) is 43.2 Å². The van der Waals surface area contributed by atoms with Crippen LogP contribution >= 0.6 is 15.6 Å². The molecule has 594 valence electrons. The number of aliphatic hydroxyl groups excluding tert-OH is 1. The molecule has 0 radical (unpaired) electrons. The highest BCUT2D eigenvalue weighted by atomic mass is 31.2. The zero-order valence-electron chi connectivity index (χ0n) is 65.8. The Balaban J connectivity index is 5.23. The van der Waals surface area contributed by atoms with Crippen LogP contribution in [0.3, 0.4) is 0 Å². The summed E-state index contributed by atoms with van der Waals surface area (Å²) in [4.78, 5) is 73.0. The van der Waals surface area contributed by atoms with Crippen molar-refractivity contribution in [2.24, 2.45) is 23.7 Å². The summed E-state index contributed by atoms with van der Waals surface area (Å²) in [6.45, 7) is 14.3. The number of aliphatic hydroxyl groups is 1. The molecule has 3 N–H and O–H groups in total. The molecule has 0 bridgehead atoms. The number of carbonyl (C=O) groups is 4. The van der Waals surface area contributed by atoms with Crippen LogP contribution in [0.15, 0.2) is 0 Å². The number of unbranched alkanes of at least 4 members (excludes halogenated alkanes) is 43. The molecule has 19 heteroatoms. The first-order chi connectivity index (χ1) is 48.1. The fraction of sp³-hybridized carbons (Fsp3) is 0.951. The highest BCUT2D eigenvalue weighted by Crippen LogP contribution is 2.45. The smallest absolute Gasteiger partial charge is 0.462 e. The van der Waals surface area contributed by atoms with Crippen molar-refractivity contribution in [3.63, 3.8) is 0 Å². The second-order valence-corrected chi connectivity index (χ2v) is 33.7. The maximum Gasteiger partial charge on any atom is 0.472 e. The zero-order chi connectivity index (χ0) is 73.8. The minimum absolute atomic E-state index is 0.105. The highest BCUT2D eigenvalue weighted by molar-refractivity contribution is 7.47. The second-order valence-electron chi connectivity index (χ2n) is 30.8. The Morgan fingerprint density at radius 3 is 0.710 bits per heavy atom. The van der Waals surface area contributed by atoms with E-state index in [0.717, 1.165) is 114 Å². The summed E-state index contributed by atoms with van der Waals surface area (Å²) in [7, 11) is -9.92. The van der Waals surface area contributed by atoms with Crippen molar-refractivity contribution in [3.8, 4) is 0 Å². The third kappa shape index (κ3) is 73.0. The van der Waals surface area contributed by atoms with Gasteiger partial charge in [-0.15, -0.1) is 0 Å². The molecule has 0 fully saturated rings. The summed E-state index contributed by atoms with van der Waals surface area (Å²) in [5, 5.41) is 10.6. The SMILES string of the molecule is CCC(C)CCCCCCCCCCCCC(=O)O[C@H](COC(=O)CCCCCCCCCC(C)C)COP(=O)(O)OCC(O)COP(=O)(O)OC[C@@H](COC(=O)CCCCCCCCCCCCCCC(C)C)OC(=O)CCCCCCCCCCCCCCCCCCCCC(C)C. The van der Waals surface area contributed by atoms with E-state index in [-0.39, 0.29) is 25.7 Å². The van der Waals surface area contributed by atoms with Gasteiger partial charge in [-0.05, 0) is 49.4 Å². The van der Waals surface area contributed by atoms with Gasteiger partial charge in [0.15, 0.2) is 12.2 Å². The van der Waals surface area contributed by atoms with Gasteiger partial charge in [-0.2, -0.15) is 0 Å². The van der Waals surface area contributed by atoms with Crippen molar-refractivity contribution in [2.75, 3.05) is 39.6 Å². The Kier molecular flexibility index (Phi) is 68.7. The molecular weight excluding hydrogens is 1310 g/mol. The van der Waals surface area contributed by atoms with Gasteiger partial charge in [0.25, 0.3) is 0 Å². The van der Waals surface area contributed by atoms with E-state index in [2.05, 4.69) is 55.4 Å². The van der Waals surface area contributed by atoms with Gasteiger partial charge in [0, 0.05) is 25.7 Å². The predicted molar refractivity (Wildman–Crippen MR) is 409 cm³/mol. The molecule has 6 atom stereocenters. The first-order valence-electron chi connectivity index (χ1n) is 41.7. The lowest BCUT2D eigenvalue weighted by Crippen LogP contribution is -2.30. The normalized spacial score (nSPS) is 14.3. The maximum absolute atomic E-state index is 13.1. The number of esters is 4. The highest BCUT2D eigenvalue weighted by Gasteiger charge is 2.30. The molecule has 0 aromatic carbocycles. The van der Waals surface area contributed by atoms with Gasteiger partial charge in [0.1, 0.15) is 19.3 Å². The molecule has 0 aliphatic carbocycles. The third-order valence-electron chi connectivity index (χ3n) is 19.2. The molecule has 0 saturated carbocycles. The molecule has 0 heterocycles. The molecule has 0 aromatic rings. The minimum Gasteiger partial charge on any atom is -0.462 e. The molecule has 0 aliphatic heterocycles. The molecule has 100 heavy (non-hydrogen) atoms. The molecule has 0 rings (SSSR count). The van der Waals surface area contributed by atoms with E-state index in [0.29, 0.717) is 31.6 Å². The molecule has 0 saturated heterocycles. The van der Waals surface area contributed by atoms with Crippen LogP contribution in [-0.4, -0.2) is 96.7 Å². The van der Waals surface area contributed by atoms with Crippen LogP contribution in [0.4, 0.5) is 0 Å². The van der Waals surface area contributed by atoms with Crippen LogP contribution in [-0.2, 0) is 65.4 Å². The second kappa shape index (κ2) is 70.1. The van der Waals surface area contributed by atoms with E-state index in [4.69, 9.17) is 37.0 Å². The van der Waals surface area contributed by atoms with Gasteiger partial charge in [0.2, 0.25) is 0 Å². The topological polar surface area (TPSA) is 237 Å². The quantitative estimate of drug-likeness (QED) is 0.0222. The monoisotopic (exact) mass is 1470 g/mol. The average Bonchev–Trinajstić information content (AvgIpc) is 0.926. The Bertz CT molecular complexity index is 1960. The Morgan fingerprint density at radius 1 is 0.280 bits per heavy atom. The van der Waals surface area contributed by atoms with E-state index in [1.54, 1.807) is 0 Å². The summed E-state index contributed by atoms with van der Waals surface area (Å²) >= 11 is 0. The number of ether oxygens (including phenoxy) is 4. The summed E-state index contributed by atoms with van der Waals surface area (Å²) < 4.78 is 68.7. The van der Waals surface area contributed by atoms with Crippen LogP contribution in [0.25, 0.3) is 0 Å². The van der Waals surface area contributed by atoms with Crippen molar-refractivity contribution in [1.82, 2.24) is 0 Å². The van der Waals surface area contributed by atoms with Crippen LogP contribution in [0.2, 0.25) is 0 Å². The van der Waals surface area contributed by atoms with Gasteiger partial charge < -0.3 is 33.8 Å². The van der Waals surface area contributed by atoms with Crippen LogP contribution in [0, 0.1) is 23.7 Å². The lowest BCUT2D eigenvalue weighted by atomic mass is 9.99. The van der Waals surface area contributed by atoms with Gasteiger partial charge >= 0.3 is 39.5 Å². The Labute approximate surface area is 613 Å². The number of phosphoric ester groups is 2.